The van der Waals surface area contributed by atoms with Crippen molar-refractivity contribution in [1.82, 2.24) is 4.98 Å². The van der Waals surface area contributed by atoms with E-state index < -0.39 is 0 Å². The molecular weight excluding hydrogens is 246 g/mol. The van der Waals surface area contributed by atoms with Crippen molar-refractivity contribution < 1.29 is 4.79 Å². The lowest BCUT2D eigenvalue weighted by Crippen LogP contribution is -2.28. The molecule has 2 rings (SSSR count). The van der Waals surface area contributed by atoms with E-state index in [9.17, 15) is 4.79 Å². The summed E-state index contributed by atoms with van der Waals surface area (Å²) in [5.74, 6) is 0.529. The molecule has 1 fully saturated rings. The van der Waals surface area contributed by atoms with Gasteiger partial charge in [-0.1, -0.05) is 20.8 Å². The molecule has 1 unspecified atom stereocenters. The van der Waals surface area contributed by atoms with Crippen LogP contribution in [-0.4, -0.2) is 16.9 Å². The van der Waals surface area contributed by atoms with E-state index in [2.05, 4.69) is 31.1 Å². The first-order valence-corrected chi connectivity index (χ1v) is 7.25. The van der Waals surface area contributed by atoms with Crippen LogP contribution >= 0.6 is 11.3 Å². The van der Waals surface area contributed by atoms with E-state index in [1.807, 2.05) is 5.38 Å². The van der Waals surface area contributed by atoms with Gasteiger partial charge in [-0.15, -0.1) is 11.3 Å². The molecule has 1 aromatic heterocycles. The molecule has 0 aliphatic heterocycles. The number of amides is 1. The van der Waals surface area contributed by atoms with Crippen molar-refractivity contribution in [2.45, 2.75) is 51.5 Å². The van der Waals surface area contributed by atoms with Crippen molar-refractivity contribution in [2.75, 3.05) is 5.32 Å². The Morgan fingerprint density at radius 3 is 2.78 bits per heavy atom. The van der Waals surface area contributed by atoms with E-state index in [1.165, 1.54) is 24.2 Å². The van der Waals surface area contributed by atoms with Crippen molar-refractivity contribution in [3.8, 4) is 0 Å². The zero-order valence-electron chi connectivity index (χ0n) is 11.2. The molecular formula is C13H21N3OS. The maximum atomic E-state index is 11.8. The minimum absolute atomic E-state index is 0.00653. The molecule has 1 heterocycles. The first-order chi connectivity index (χ1) is 8.36. The standard InChI is InChI=1S/C13H21N3OS/c1-13(2,3)10-7-18-12(15-10)16-11(17)6-9(14)8-4-5-8/h7-9H,4-6,14H2,1-3H3,(H,15,16,17). The molecule has 1 aromatic rings. The highest BCUT2D eigenvalue weighted by Crippen LogP contribution is 2.33. The fraction of sp³-hybridized carbons (Fsp3) is 0.692. The van der Waals surface area contributed by atoms with Crippen molar-refractivity contribution in [1.29, 1.82) is 0 Å². The van der Waals surface area contributed by atoms with Gasteiger partial charge in [0.25, 0.3) is 0 Å². The Morgan fingerprint density at radius 2 is 2.28 bits per heavy atom. The molecule has 100 valence electrons. The van der Waals surface area contributed by atoms with E-state index in [0.29, 0.717) is 17.5 Å². The van der Waals surface area contributed by atoms with Gasteiger partial charge in [0.2, 0.25) is 5.91 Å². The molecule has 1 aliphatic carbocycles. The molecule has 0 saturated heterocycles. The number of carbonyl (C=O) groups is 1. The number of thiazole rings is 1. The summed E-state index contributed by atoms with van der Waals surface area (Å²) >= 11 is 1.47. The second kappa shape index (κ2) is 4.97. The van der Waals surface area contributed by atoms with Crippen molar-refractivity contribution in [3.63, 3.8) is 0 Å². The van der Waals surface area contributed by atoms with Crippen LogP contribution in [0.2, 0.25) is 0 Å². The molecule has 18 heavy (non-hydrogen) atoms. The van der Waals surface area contributed by atoms with Gasteiger partial charge in [0.15, 0.2) is 5.13 Å². The Balaban J connectivity index is 1.88. The number of nitrogens with one attached hydrogen (secondary N) is 1. The van der Waals surface area contributed by atoms with Crippen LogP contribution in [0, 0.1) is 5.92 Å². The van der Waals surface area contributed by atoms with E-state index in [1.54, 1.807) is 0 Å². The molecule has 1 saturated carbocycles. The lowest BCUT2D eigenvalue weighted by Gasteiger charge is -2.14. The van der Waals surface area contributed by atoms with Crippen LogP contribution in [0.15, 0.2) is 5.38 Å². The minimum Gasteiger partial charge on any atom is -0.327 e. The predicted octanol–water partition coefficient (Wildman–Crippen LogP) is 2.51. The topological polar surface area (TPSA) is 68.0 Å². The average molecular weight is 267 g/mol. The fourth-order valence-electron chi connectivity index (χ4n) is 1.75. The molecule has 1 atom stereocenters. The van der Waals surface area contributed by atoms with Gasteiger partial charge in [-0.25, -0.2) is 4.98 Å². The Hall–Kier alpha value is -0.940. The Labute approximate surface area is 112 Å². The molecule has 1 aliphatic rings. The van der Waals surface area contributed by atoms with Gasteiger partial charge in [0.05, 0.1) is 5.69 Å². The summed E-state index contributed by atoms with van der Waals surface area (Å²) < 4.78 is 0. The zero-order valence-corrected chi connectivity index (χ0v) is 12.0. The quantitative estimate of drug-likeness (QED) is 0.880. The van der Waals surface area contributed by atoms with E-state index in [4.69, 9.17) is 5.73 Å². The number of carbonyl (C=O) groups excluding carboxylic acids is 1. The van der Waals surface area contributed by atoms with Crippen LogP contribution in [0.3, 0.4) is 0 Å². The molecule has 1 amide bonds. The van der Waals surface area contributed by atoms with Gasteiger partial charge in [-0.05, 0) is 18.8 Å². The Kier molecular flexibility index (Phi) is 3.73. The molecule has 0 spiro atoms. The largest absolute Gasteiger partial charge is 0.327 e. The van der Waals surface area contributed by atoms with Crippen molar-refractivity contribution in [2.24, 2.45) is 11.7 Å². The highest BCUT2D eigenvalue weighted by Gasteiger charge is 2.30. The van der Waals surface area contributed by atoms with Gasteiger partial charge in [0.1, 0.15) is 0 Å². The number of hydrogen-bond donors (Lipinski definition) is 2. The first-order valence-electron chi connectivity index (χ1n) is 6.37. The van der Waals surface area contributed by atoms with E-state index in [-0.39, 0.29) is 17.4 Å². The zero-order chi connectivity index (χ0) is 13.3. The van der Waals surface area contributed by atoms with E-state index >= 15 is 0 Å². The van der Waals surface area contributed by atoms with Gasteiger partial charge < -0.3 is 11.1 Å². The number of anilines is 1. The third-order valence-electron chi connectivity index (χ3n) is 3.17. The lowest BCUT2D eigenvalue weighted by atomic mass is 9.93. The number of hydrogen-bond acceptors (Lipinski definition) is 4. The number of aromatic nitrogens is 1. The molecule has 3 N–H and O–H groups in total. The summed E-state index contributed by atoms with van der Waals surface area (Å²) in [4.78, 5) is 16.2. The number of nitrogens with two attached hydrogens (primary N) is 1. The Bertz CT molecular complexity index is 432. The van der Waals surface area contributed by atoms with Gasteiger partial charge >= 0.3 is 0 Å². The molecule has 4 nitrogen and oxygen atoms in total. The second-order valence-electron chi connectivity index (χ2n) is 6.04. The van der Waals surface area contributed by atoms with Crippen LogP contribution in [-0.2, 0) is 10.2 Å². The lowest BCUT2D eigenvalue weighted by molar-refractivity contribution is -0.116. The predicted molar refractivity (Wildman–Crippen MR) is 74.8 cm³/mol. The molecule has 0 radical (unpaired) electrons. The SMILES string of the molecule is CC(C)(C)c1csc(NC(=O)CC(N)C2CC2)n1. The Morgan fingerprint density at radius 1 is 1.61 bits per heavy atom. The van der Waals surface area contributed by atoms with Crippen LogP contribution in [0.1, 0.15) is 45.7 Å². The smallest absolute Gasteiger partial charge is 0.227 e. The maximum absolute atomic E-state index is 11.8. The average Bonchev–Trinajstić information content (AvgIpc) is 2.98. The summed E-state index contributed by atoms with van der Waals surface area (Å²) in [5, 5.41) is 5.51. The summed E-state index contributed by atoms with van der Waals surface area (Å²) in [6, 6.07) is 0.00653. The third kappa shape index (κ3) is 3.53. The third-order valence-corrected chi connectivity index (χ3v) is 3.93. The maximum Gasteiger partial charge on any atom is 0.227 e. The van der Waals surface area contributed by atoms with Crippen LogP contribution in [0.5, 0.6) is 0 Å². The fourth-order valence-corrected chi connectivity index (χ4v) is 2.70. The highest BCUT2D eigenvalue weighted by molar-refractivity contribution is 7.13. The summed E-state index contributed by atoms with van der Waals surface area (Å²) in [6.07, 6.45) is 2.73. The van der Waals surface area contributed by atoms with Crippen LogP contribution in [0.4, 0.5) is 5.13 Å². The van der Waals surface area contributed by atoms with Gasteiger partial charge in [-0.3, -0.25) is 4.79 Å². The van der Waals surface area contributed by atoms with Crippen LogP contribution < -0.4 is 11.1 Å². The number of rotatable bonds is 4. The monoisotopic (exact) mass is 267 g/mol. The van der Waals surface area contributed by atoms with Crippen molar-refractivity contribution in [3.05, 3.63) is 11.1 Å². The summed E-state index contributed by atoms with van der Waals surface area (Å²) in [7, 11) is 0. The minimum atomic E-state index is -0.0239. The van der Waals surface area contributed by atoms with E-state index in [0.717, 1.165) is 5.69 Å². The summed E-state index contributed by atoms with van der Waals surface area (Å²) in [6.45, 7) is 6.32. The number of nitrogens with zero attached hydrogens (tertiary/aromatic N) is 1. The van der Waals surface area contributed by atoms with Crippen molar-refractivity contribution >= 4 is 22.4 Å². The summed E-state index contributed by atoms with van der Waals surface area (Å²) in [5.41, 5.74) is 6.96. The van der Waals surface area contributed by atoms with Crippen LogP contribution in [0.25, 0.3) is 0 Å². The normalized spacial score (nSPS) is 17.6. The molecule has 0 bridgehead atoms. The molecule has 0 aromatic carbocycles. The van der Waals surface area contributed by atoms with Gasteiger partial charge in [-0.2, -0.15) is 0 Å². The highest BCUT2D eigenvalue weighted by atomic mass is 32.1. The second-order valence-corrected chi connectivity index (χ2v) is 6.90. The molecule has 5 heteroatoms. The first kappa shape index (κ1) is 13.5. The van der Waals surface area contributed by atoms with Gasteiger partial charge in [0, 0.05) is 23.3 Å².